The van der Waals surface area contributed by atoms with E-state index in [0.29, 0.717) is 24.2 Å². The molecule has 4 rings (SSSR count). The highest BCUT2D eigenvalue weighted by Gasteiger charge is 2.34. The number of aromatic nitrogens is 1. The van der Waals surface area contributed by atoms with Gasteiger partial charge in [0, 0.05) is 35.3 Å². The minimum Gasteiger partial charge on any atom is -0.313 e. The molecule has 3 N–H and O–H groups in total. The molecule has 1 aliphatic rings. The van der Waals surface area contributed by atoms with E-state index in [1.54, 1.807) is 19.1 Å². The first-order valence-electron chi connectivity index (χ1n) is 11.6. The highest BCUT2D eigenvalue weighted by Crippen LogP contribution is 2.39. The fourth-order valence-electron chi connectivity index (χ4n) is 4.91. The molecule has 7 nitrogen and oxygen atoms in total. The Bertz CT molecular complexity index is 1430. The maximum Gasteiger partial charge on any atom is 0.238 e. The normalized spacial score (nSPS) is 17.1. The second kappa shape index (κ2) is 8.86. The fourth-order valence-corrected chi connectivity index (χ4v) is 5.43. The van der Waals surface area contributed by atoms with E-state index >= 15 is 0 Å². The zero-order valence-electron chi connectivity index (χ0n) is 20.7. The lowest BCUT2D eigenvalue weighted by atomic mass is 9.75. The van der Waals surface area contributed by atoms with Crippen LogP contribution < -0.4 is 10.5 Å². The summed E-state index contributed by atoms with van der Waals surface area (Å²) in [5.74, 6) is 0.0666. The van der Waals surface area contributed by atoms with Crippen molar-refractivity contribution in [3.8, 4) is 16.9 Å². The molecule has 1 aromatic heterocycles. The summed E-state index contributed by atoms with van der Waals surface area (Å²) in [6, 6.07) is 13.9. The van der Waals surface area contributed by atoms with Gasteiger partial charge in [0.05, 0.1) is 16.6 Å². The number of benzene rings is 2. The standard InChI is InChI=1S/C27H31N3O4S/c1-6-25(32)21-14-24(30(16(21)2)19-8-10-20(11-9-19)35(28,33)34)18-7-12-23-22(13-18)26(17(3)31)29-15-27(23,4)5/h7-14,26,29H,6,15H2,1-5H3,(H2,28,33,34). The summed E-state index contributed by atoms with van der Waals surface area (Å²) in [6.07, 6.45) is 0.364. The molecule has 1 aliphatic heterocycles. The quantitative estimate of drug-likeness (QED) is 0.500. The Morgan fingerprint density at radius 1 is 1.11 bits per heavy atom. The van der Waals surface area contributed by atoms with Gasteiger partial charge in [0.15, 0.2) is 11.6 Å². The first-order chi connectivity index (χ1) is 16.3. The van der Waals surface area contributed by atoms with Crippen LogP contribution in [-0.4, -0.2) is 31.1 Å². The number of rotatable bonds is 6. The van der Waals surface area contributed by atoms with E-state index in [2.05, 4.69) is 25.2 Å². The van der Waals surface area contributed by atoms with Gasteiger partial charge in [0.1, 0.15) is 0 Å². The molecular formula is C27H31N3O4S. The van der Waals surface area contributed by atoms with E-state index in [4.69, 9.17) is 5.14 Å². The summed E-state index contributed by atoms with van der Waals surface area (Å²) in [7, 11) is -3.82. The number of Topliss-reactive ketones (excluding diaryl/α,β-unsaturated/α-hetero) is 2. The summed E-state index contributed by atoms with van der Waals surface area (Å²) in [6.45, 7) is 10.3. The Morgan fingerprint density at radius 2 is 1.77 bits per heavy atom. The molecule has 0 spiro atoms. The van der Waals surface area contributed by atoms with Gasteiger partial charge in [0.2, 0.25) is 10.0 Å². The smallest absolute Gasteiger partial charge is 0.238 e. The van der Waals surface area contributed by atoms with Gasteiger partial charge in [-0.1, -0.05) is 32.9 Å². The van der Waals surface area contributed by atoms with Crippen molar-refractivity contribution in [3.05, 3.63) is 70.9 Å². The van der Waals surface area contributed by atoms with Crippen LogP contribution in [0.25, 0.3) is 16.9 Å². The van der Waals surface area contributed by atoms with E-state index in [1.165, 1.54) is 12.1 Å². The largest absolute Gasteiger partial charge is 0.313 e. The van der Waals surface area contributed by atoms with E-state index < -0.39 is 16.1 Å². The molecule has 35 heavy (non-hydrogen) atoms. The molecule has 184 valence electrons. The monoisotopic (exact) mass is 493 g/mol. The highest BCUT2D eigenvalue weighted by molar-refractivity contribution is 7.89. The lowest BCUT2D eigenvalue weighted by molar-refractivity contribution is -0.119. The number of nitrogens with two attached hydrogens (primary N) is 1. The number of hydrogen-bond donors (Lipinski definition) is 2. The van der Waals surface area contributed by atoms with Crippen LogP contribution in [0.1, 0.15) is 67.3 Å². The lowest BCUT2D eigenvalue weighted by Gasteiger charge is -2.37. The molecule has 0 saturated carbocycles. The summed E-state index contributed by atoms with van der Waals surface area (Å²) in [5.41, 5.74) is 5.65. The Labute approximate surface area is 206 Å². The molecule has 8 heteroatoms. The number of carbonyl (C=O) groups is 2. The number of nitrogens with zero attached hydrogens (tertiary/aromatic N) is 1. The van der Waals surface area contributed by atoms with Crippen molar-refractivity contribution in [1.29, 1.82) is 0 Å². The zero-order chi connectivity index (χ0) is 25.7. The van der Waals surface area contributed by atoms with Crippen LogP contribution in [0.15, 0.2) is 53.4 Å². The molecule has 0 amide bonds. The highest BCUT2D eigenvalue weighted by atomic mass is 32.2. The number of ketones is 2. The van der Waals surface area contributed by atoms with E-state index in [-0.39, 0.29) is 21.9 Å². The van der Waals surface area contributed by atoms with Gasteiger partial charge in [-0.2, -0.15) is 0 Å². The minimum atomic E-state index is -3.82. The van der Waals surface area contributed by atoms with Gasteiger partial charge >= 0.3 is 0 Å². The van der Waals surface area contributed by atoms with Gasteiger partial charge in [-0.3, -0.25) is 9.59 Å². The summed E-state index contributed by atoms with van der Waals surface area (Å²) in [5, 5.41) is 8.64. The predicted octanol–water partition coefficient (Wildman–Crippen LogP) is 4.20. The number of sulfonamides is 1. The van der Waals surface area contributed by atoms with Gasteiger partial charge in [-0.25, -0.2) is 13.6 Å². The molecule has 1 atom stereocenters. The summed E-state index contributed by atoms with van der Waals surface area (Å²) >= 11 is 0. The second-order valence-electron chi connectivity index (χ2n) is 9.79. The average Bonchev–Trinajstić information content (AvgIpc) is 3.14. The Hall–Kier alpha value is -3.07. The van der Waals surface area contributed by atoms with Gasteiger partial charge in [-0.15, -0.1) is 0 Å². The van der Waals surface area contributed by atoms with Crippen LogP contribution in [0.2, 0.25) is 0 Å². The first-order valence-corrected chi connectivity index (χ1v) is 13.2. The number of carbonyl (C=O) groups excluding carboxylic acids is 2. The molecule has 2 aromatic carbocycles. The van der Waals surface area contributed by atoms with Gasteiger partial charge in [-0.05, 0) is 66.9 Å². The topological polar surface area (TPSA) is 111 Å². The third-order valence-corrected chi connectivity index (χ3v) is 7.76. The van der Waals surface area contributed by atoms with Crippen LogP contribution in [0.4, 0.5) is 0 Å². The van der Waals surface area contributed by atoms with Crippen LogP contribution >= 0.6 is 0 Å². The van der Waals surface area contributed by atoms with Crippen molar-refractivity contribution < 1.29 is 18.0 Å². The number of nitrogens with one attached hydrogen (secondary N) is 1. The second-order valence-corrected chi connectivity index (χ2v) is 11.4. The van der Waals surface area contributed by atoms with Crippen molar-refractivity contribution in [3.63, 3.8) is 0 Å². The molecule has 3 aromatic rings. The number of hydrogen-bond acceptors (Lipinski definition) is 5. The SMILES string of the molecule is CCC(=O)c1cc(-c2ccc3c(c2)C(C(C)=O)NCC3(C)C)n(-c2ccc(S(N)(=O)=O)cc2)c1C. The molecule has 1 unspecified atom stereocenters. The maximum absolute atomic E-state index is 12.7. The zero-order valence-corrected chi connectivity index (χ0v) is 21.5. The summed E-state index contributed by atoms with van der Waals surface area (Å²) < 4.78 is 25.4. The summed E-state index contributed by atoms with van der Waals surface area (Å²) in [4.78, 5) is 25.2. The fraction of sp³-hybridized carbons (Fsp3) is 0.333. The molecule has 2 heterocycles. The van der Waals surface area contributed by atoms with Crippen molar-refractivity contribution in [2.45, 2.75) is 57.4 Å². The van der Waals surface area contributed by atoms with E-state index in [0.717, 1.165) is 28.1 Å². The van der Waals surface area contributed by atoms with E-state index in [9.17, 15) is 18.0 Å². The van der Waals surface area contributed by atoms with Crippen molar-refractivity contribution in [2.24, 2.45) is 5.14 Å². The van der Waals surface area contributed by atoms with Crippen molar-refractivity contribution in [2.75, 3.05) is 6.54 Å². The Morgan fingerprint density at radius 3 is 2.34 bits per heavy atom. The Kier molecular flexibility index (Phi) is 6.34. The van der Waals surface area contributed by atoms with Gasteiger partial charge in [0.25, 0.3) is 0 Å². The van der Waals surface area contributed by atoms with Crippen molar-refractivity contribution in [1.82, 2.24) is 9.88 Å². The first kappa shape index (κ1) is 25.0. The lowest BCUT2D eigenvalue weighted by Crippen LogP contribution is -2.44. The van der Waals surface area contributed by atoms with Crippen LogP contribution in [0.5, 0.6) is 0 Å². The molecule has 0 radical (unpaired) electrons. The molecule has 0 bridgehead atoms. The molecule has 0 fully saturated rings. The van der Waals surface area contributed by atoms with Crippen molar-refractivity contribution >= 4 is 21.6 Å². The van der Waals surface area contributed by atoms with Crippen LogP contribution in [-0.2, 0) is 20.2 Å². The maximum atomic E-state index is 12.7. The molecular weight excluding hydrogens is 462 g/mol. The predicted molar refractivity (Wildman–Crippen MR) is 136 cm³/mol. The minimum absolute atomic E-state index is 0.0175. The third-order valence-electron chi connectivity index (χ3n) is 6.83. The average molecular weight is 494 g/mol. The molecule has 0 aliphatic carbocycles. The van der Waals surface area contributed by atoms with Gasteiger partial charge < -0.3 is 9.88 Å². The Balaban J connectivity index is 1.95. The molecule has 0 saturated heterocycles. The van der Waals surface area contributed by atoms with E-state index in [1.807, 2.05) is 36.6 Å². The van der Waals surface area contributed by atoms with Crippen LogP contribution in [0.3, 0.4) is 0 Å². The number of primary sulfonamides is 1. The third kappa shape index (κ3) is 4.49. The number of fused-ring (bicyclic) bond motifs is 1. The van der Waals surface area contributed by atoms with Crippen LogP contribution in [0, 0.1) is 6.92 Å².